The van der Waals surface area contributed by atoms with Crippen molar-refractivity contribution in [3.05, 3.63) is 29.3 Å². The van der Waals surface area contributed by atoms with Gasteiger partial charge in [0.2, 0.25) is 5.91 Å². The molecule has 2 aliphatic rings. The highest BCUT2D eigenvalue weighted by molar-refractivity contribution is 5.85. The number of halogens is 4. The number of nitrogens with one attached hydrogen (secondary N) is 2. The first kappa shape index (κ1) is 21.3. The maximum atomic E-state index is 13.3. The van der Waals surface area contributed by atoms with Crippen LogP contribution in [0.25, 0.3) is 0 Å². The normalized spacial score (nSPS) is 21.4. The summed E-state index contributed by atoms with van der Waals surface area (Å²) in [5.74, 6) is -0.335. The second-order valence-electron chi connectivity index (χ2n) is 7.00. The van der Waals surface area contributed by atoms with Gasteiger partial charge in [-0.05, 0) is 44.1 Å². The third-order valence-corrected chi connectivity index (χ3v) is 5.60. The molecule has 3 rings (SSSR count). The zero-order valence-electron chi connectivity index (χ0n) is 14.9. The average Bonchev–Trinajstić information content (AvgIpc) is 2.99. The molecule has 2 fully saturated rings. The number of carbonyl (C=O) groups excluding carboxylic acids is 1. The van der Waals surface area contributed by atoms with Crippen molar-refractivity contribution in [2.75, 3.05) is 38.1 Å². The van der Waals surface area contributed by atoms with Crippen molar-refractivity contribution >= 4 is 24.0 Å². The molecule has 5 nitrogen and oxygen atoms in total. The number of amides is 1. The van der Waals surface area contributed by atoms with Gasteiger partial charge in [-0.25, -0.2) is 0 Å². The second-order valence-corrected chi connectivity index (χ2v) is 7.00. The number of hydrogen-bond donors (Lipinski definition) is 2. The van der Waals surface area contributed by atoms with E-state index in [1.807, 2.05) is 4.90 Å². The number of nitrogens with zero attached hydrogens (tertiary/aromatic N) is 2. The first-order valence-corrected chi connectivity index (χ1v) is 8.59. The molecule has 0 aliphatic carbocycles. The van der Waals surface area contributed by atoms with Crippen molar-refractivity contribution in [1.82, 2.24) is 10.6 Å². The monoisotopic (exact) mass is 402 g/mol. The van der Waals surface area contributed by atoms with Gasteiger partial charge in [-0.3, -0.25) is 4.79 Å². The van der Waals surface area contributed by atoms with E-state index in [9.17, 15) is 18.0 Å². The Balaban J connectivity index is 0.00000261. The number of anilines is 1. The smallest absolute Gasteiger partial charge is 0.370 e. The van der Waals surface area contributed by atoms with Crippen LogP contribution in [0.2, 0.25) is 0 Å². The third kappa shape index (κ3) is 3.99. The van der Waals surface area contributed by atoms with Crippen LogP contribution in [0.4, 0.5) is 18.9 Å². The largest absolute Gasteiger partial charge is 0.417 e. The van der Waals surface area contributed by atoms with Gasteiger partial charge in [0.15, 0.2) is 0 Å². The molecule has 1 unspecified atom stereocenters. The second kappa shape index (κ2) is 7.95. The number of hydrogen-bond acceptors (Lipinski definition) is 4. The van der Waals surface area contributed by atoms with Crippen molar-refractivity contribution in [3.63, 3.8) is 0 Å². The fraction of sp³-hybridized carbons (Fsp3) is 0.556. The minimum atomic E-state index is -4.59. The van der Waals surface area contributed by atoms with Gasteiger partial charge in [0.25, 0.3) is 0 Å². The molecular formula is C18H22ClF3N4O. The van der Waals surface area contributed by atoms with Gasteiger partial charge in [-0.15, -0.1) is 12.4 Å². The predicted octanol–water partition coefficient (Wildman–Crippen LogP) is 2.55. The summed E-state index contributed by atoms with van der Waals surface area (Å²) in [6.45, 7) is 2.50. The van der Waals surface area contributed by atoms with Crippen LogP contribution in [-0.4, -0.2) is 39.1 Å². The van der Waals surface area contributed by atoms with Crippen molar-refractivity contribution in [2.45, 2.75) is 19.0 Å². The van der Waals surface area contributed by atoms with Crippen LogP contribution in [0.15, 0.2) is 18.2 Å². The van der Waals surface area contributed by atoms with Gasteiger partial charge in [0.05, 0.1) is 23.1 Å². The fourth-order valence-electron chi connectivity index (χ4n) is 4.19. The highest BCUT2D eigenvalue weighted by Gasteiger charge is 2.50. The zero-order valence-corrected chi connectivity index (χ0v) is 15.7. The first-order valence-electron chi connectivity index (χ1n) is 8.59. The Kier molecular flexibility index (Phi) is 6.28. The summed E-state index contributed by atoms with van der Waals surface area (Å²) in [6.07, 6.45) is -2.97. The van der Waals surface area contributed by atoms with E-state index in [0.29, 0.717) is 18.8 Å². The molecule has 0 bridgehead atoms. The minimum Gasteiger partial charge on any atom is -0.370 e. The van der Waals surface area contributed by atoms with E-state index < -0.39 is 11.7 Å². The van der Waals surface area contributed by atoms with Crippen LogP contribution in [0, 0.1) is 22.7 Å². The maximum absolute atomic E-state index is 13.3. The Bertz CT molecular complexity index is 741. The SMILES string of the molecule is CNC(=O)C1CN(c2ccc(C#N)c(C(F)(F)F)c2)CC12CCNCC2.Cl. The number of nitriles is 1. The van der Waals surface area contributed by atoms with E-state index in [2.05, 4.69) is 10.6 Å². The molecule has 9 heteroatoms. The molecule has 0 saturated carbocycles. The van der Waals surface area contributed by atoms with Gasteiger partial charge in [0.1, 0.15) is 0 Å². The summed E-state index contributed by atoms with van der Waals surface area (Å²) in [7, 11) is 1.59. The van der Waals surface area contributed by atoms with Gasteiger partial charge in [-0.2, -0.15) is 18.4 Å². The quantitative estimate of drug-likeness (QED) is 0.797. The molecule has 1 atom stereocenters. The zero-order chi connectivity index (χ0) is 18.9. The minimum absolute atomic E-state index is 0. The lowest BCUT2D eigenvalue weighted by atomic mass is 9.71. The number of benzene rings is 1. The molecule has 0 radical (unpaired) electrons. The molecule has 2 saturated heterocycles. The number of alkyl halides is 3. The molecule has 2 heterocycles. The lowest BCUT2D eigenvalue weighted by Gasteiger charge is -2.37. The van der Waals surface area contributed by atoms with E-state index in [-0.39, 0.29) is 35.2 Å². The lowest BCUT2D eigenvalue weighted by molar-refractivity contribution is -0.137. The summed E-state index contributed by atoms with van der Waals surface area (Å²) < 4.78 is 39.8. The predicted molar refractivity (Wildman–Crippen MR) is 97.7 cm³/mol. The highest BCUT2D eigenvalue weighted by atomic mass is 35.5. The van der Waals surface area contributed by atoms with Crippen LogP contribution < -0.4 is 15.5 Å². The lowest BCUT2D eigenvalue weighted by Crippen LogP contribution is -2.46. The number of carbonyl (C=O) groups is 1. The summed E-state index contributed by atoms with van der Waals surface area (Å²) >= 11 is 0. The van der Waals surface area contributed by atoms with Crippen LogP contribution in [0.1, 0.15) is 24.0 Å². The highest BCUT2D eigenvalue weighted by Crippen LogP contribution is 2.45. The molecule has 1 aromatic rings. The van der Waals surface area contributed by atoms with Crippen molar-refractivity contribution in [3.8, 4) is 6.07 Å². The average molecular weight is 403 g/mol. The van der Waals surface area contributed by atoms with E-state index in [0.717, 1.165) is 32.0 Å². The molecule has 2 aliphatic heterocycles. The van der Waals surface area contributed by atoms with Crippen molar-refractivity contribution < 1.29 is 18.0 Å². The summed E-state index contributed by atoms with van der Waals surface area (Å²) in [5.41, 5.74) is -1.15. The van der Waals surface area contributed by atoms with E-state index in [1.54, 1.807) is 13.1 Å². The van der Waals surface area contributed by atoms with E-state index in [4.69, 9.17) is 5.26 Å². The van der Waals surface area contributed by atoms with Crippen molar-refractivity contribution in [1.29, 1.82) is 5.26 Å². The Hall–Kier alpha value is -1.98. The molecule has 27 heavy (non-hydrogen) atoms. The van der Waals surface area contributed by atoms with Crippen LogP contribution >= 0.6 is 12.4 Å². The fourth-order valence-corrected chi connectivity index (χ4v) is 4.19. The molecule has 1 aromatic carbocycles. The topological polar surface area (TPSA) is 68.2 Å². The summed E-state index contributed by atoms with van der Waals surface area (Å²) in [4.78, 5) is 14.3. The van der Waals surface area contributed by atoms with E-state index in [1.165, 1.54) is 12.1 Å². The summed E-state index contributed by atoms with van der Waals surface area (Å²) in [6, 6.07) is 5.37. The molecule has 0 aromatic heterocycles. The summed E-state index contributed by atoms with van der Waals surface area (Å²) in [5, 5.41) is 14.9. The van der Waals surface area contributed by atoms with E-state index >= 15 is 0 Å². The Labute approximate surface area is 162 Å². The maximum Gasteiger partial charge on any atom is 0.417 e. The molecular weight excluding hydrogens is 381 g/mol. The van der Waals surface area contributed by atoms with Crippen LogP contribution in [0.5, 0.6) is 0 Å². The first-order chi connectivity index (χ1) is 12.3. The Morgan fingerprint density at radius 2 is 2.04 bits per heavy atom. The Morgan fingerprint density at radius 1 is 1.37 bits per heavy atom. The van der Waals surface area contributed by atoms with Gasteiger partial charge >= 0.3 is 6.18 Å². The van der Waals surface area contributed by atoms with Gasteiger partial charge in [-0.1, -0.05) is 0 Å². The number of rotatable bonds is 2. The van der Waals surface area contributed by atoms with Gasteiger partial charge < -0.3 is 15.5 Å². The van der Waals surface area contributed by atoms with Crippen LogP contribution in [-0.2, 0) is 11.0 Å². The molecule has 2 N–H and O–H groups in total. The standard InChI is InChI=1S/C18H21F3N4O.ClH/c1-23-16(26)15-10-25(11-17(15)4-6-24-7-5-17)13-3-2-12(9-22)14(8-13)18(19,20)21;/h2-3,8,15,24H,4-7,10-11H2,1H3,(H,23,26);1H. The third-order valence-electron chi connectivity index (χ3n) is 5.60. The van der Waals surface area contributed by atoms with Gasteiger partial charge in [0, 0.05) is 31.2 Å². The molecule has 1 amide bonds. The molecule has 1 spiro atoms. The number of piperidine rings is 1. The Morgan fingerprint density at radius 3 is 2.59 bits per heavy atom. The van der Waals surface area contributed by atoms with Crippen LogP contribution in [0.3, 0.4) is 0 Å². The molecule has 148 valence electrons. The van der Waals surface area contributed by atoms with Crippen molar-refractivity contribution in [2.24, 2.45) is 11.3 Å².